The second-order valence-corrected chi connectivity index (χ2v) is 7.98. The van der Waals surface area contributed by atoms with Gasteiger partial charge in [-0.25, -0.2) is 4.79 Å². The van der Waals surface area contributed by atoms with Crippen LogP contribution in [-0.2, 0) is 16.6 Å². The van der Waals surface area contributed by atoms with Crippen molar-refractivity contribution in [1.82, 2.24) is 24.5 Å². The molecule has 1 atom stereocenters. The van der Waals surface area contributed by atoms with E-state index in [1.165, 1.54) is 7.11 Å². The standard InChI is InChI=1S/C25H23N5O3/c1-15-22(16(2)33-28-15)18-10-21-23(26-11-18)20(19-12-27-29(3)13-19)14-30(21)24(25(31)32-4)17-8-6-5-7-9-17/h5-14,24H,1-4H3. The van der Waals surface area contributed by atoms with Gasteiger partial charge in [-0.2, -0.15) is 5.10 Å². The van der Waals surface area contributed by atoms with Gasteiger partial charge in [0.1, 0.15) is 5.76 Å². The first-order valence-electron chi connectivity index (χ1n) is 10.5. The fourth-order valence-electron chi connectivity index (χ4n) is 4.30. The molecule has 4 aromatic heterocycles. The maximum atomic E-state index is 13.0. The number of methoxy groups -OCH3 is 1. The first kappa shape index (κ1) is 20.7. The number of carbonyl (C=O) groups is 1. The molecule has 0 N–H and O–H groups in total. The Kier molecular flexibility index (Phi) is 5.05. The van der Waals surface area contributed by atoms with Gasteiger partial charge in [-0.15, -0.1) is 0 Å². The Morgan fingerprint density at radius 3 is 2.52 bits per heavy atom. The fourth-order valence-corrected chi connectivity index (χ4v) is 4.30. The average Bonchev–Trinajstić information content (AvgIpc) is 3.51. The van der Waals surface area contributed by atoms with E-state index in [9.17, 15) is 4.79 Å². The normalized spacial score (nSPS) is 12.2. The zero-order chi connectivity index (χ0) is 23.1. The van der Waals surface area contributed by atoms with E-state index in [1.807, 2.05) is 80.5 Å². The lowest BCUT2D eigenvalue weighted by Crippen LogP contribution is -2.21. The molecule has 4 heterocycles. The van der Waals surface area contributed by atoms with Crippen LogP contribution in [0.15, 0.2) is 65.7 Å². The lowest BCUT2D eigenvalue weighted by atomic mass is 10.0. The van der Waals surface area contributed by atoms with Crippen molar-refractivity contribution in [2.75, 3.05) is 7.11 Å². The molecular formula is C25H23N5O3. The van der Waals surface area contributed by atoms with E-state index in [0.717, 1.165) is 44.5 Å². The summed E-state index contributed by atoms with van der Waals surface area (Å²) in [6, 6.07) is 10.9. The van der Waals surface area contributed by atoms with Crippen molar-refractivity contribution in [3.05, 3.63) is 78.2 Å². The predicted octanol–water partition coefficient (Wildman–Crippen LogP) is 4.47. The zero-order valence-electron chi connectivity index (χ0n) is 18.8. The molecule has 5 aromatic rings. The molecule has 0 amide bonds. The third kappa shape index (κ3) is 3.49. The number of benzene rings is 1. The van der Waals surface area contributed by atoms with E-state index in [0.29, 0.717) is 5.76 Å². The number of pyridine rings is 1. The summed E-state index contributed by atoms with van der Waals surface area (Å²) in [6.45, 7) is 3.78. The van der Waals surface area contributed by atoms with Gasteiger partial charge in [0.05, 0.1) is 30.0 Å². The number of nitrogens with zero attached hydrogens (tertiary/aromatic N) is 5. The molecule has 0 fully saturated rings. The summed E-state index contributed by atoms with van der Waals surface area (Å²) in [6.07, 6.45) is 7.48. The topological polar surface area (TPSA) is 88.0 Å². The Bertz CT molecular complexity index is 1440. The van der Waals surface area contributed by atoms with Crippen LogP contribution in [0.3, 0.4) is 0 Å². The molecule has 1 aromatic carbocycles. The maximum absolute atomic E-state index is 13.0. The minimum atomic E-state index is -0.675. The summed E-state index contributed by atoms with van der Waals surface area (Å²) >= 11 is 0. The number of aromatic nitrogens is 5. The van der Waals surface area contributed by atoms with Crippen molar-refractivity contribution in [2.24, 2.45) is 7.05 Å². The summed E-state index contributed by atoms with van der Waals surface area (Å²) in [5.74, 6) is 0.352. The molecule has 0 aliphatic carbocycles. The summed E-state index contributed by atoms with van der Waals surface area (Å²) < 4.78 is 14.2. The highest BCUT2D eigenvalue weighted by molar-refractivity contribution is 5.96. The first-order chi connectivity index (χ1) is 16.0. The van der Waals surface area contributed by atoms with Crippen molar-refractivity contribution >= 4 is 17.0 Å². The van der Waals surface area contributed by atoms with Gasteiger partial charge in [0.15, 0.2) is 6.04 Å². The van der Waals surface area contributed by atoms with Crippen LogP contribution in [0.4, 0.5) is 0 Å². The molecule has 1 unspecified atom stereocenters. The molecule has 0 saturated carbocycles. The number of ether oxygens (including phenoxy) is 1. The molecule has 0 radical (unpaired) electrons. The first-order valence-corrected chi connectivity index (χ1v) is 10.5. The van der Waals surface area contributed by atoms with Gasteiger partial charge >= 0.3 is 5.97 Å². The highest BCUT2D eigenvalue weighted by Crippen LogP contribution is 2.36. The van der Waals surface area contributed by atoms with Gasteiger partial charge in [-0.3, -0.25) is 9.67 Å². The van der Waals surface area contributed by atoms with E-state index in [2.05, 4.69) is 10.3 Å². The molecule has 0 aliphatic rings. The smallest absolute Gasteiger partial charge is 0.333 e. The Balaban J connectivity index is 1.80. The maximum Gasteiger partial charge on any atom is 0.333 e. The number of esters is 1. The second-order valence-electron chi connectivity index (χ2n) is 7.98. The van der Waals surface area contributed by atoms with Crippen molar-refractivity contribution < 1.29 is 14.1 Å². The molecule has 166 valence electrons. The van der Waals surface area contributed by atoms with Crippen LogP contribution in [0.5, 0.6) is 0 Å². The lowest BCUT2D eigenvalue weighted by Gasteiger charge is -2.18. The highest BCUT2D eigenvalue weighted by atomic mass is 16.5. The second kappa shape index (κ2) is 8.05. The van der Waals surface area contributed by atoms with Crippen LogP contribution in [-0.4, -0.2) is 37.6 Å². The molecule has 0 spiro atoms. The van der Waals surface area contributed by atoms with Crippen LogP contribution in [0.25, 0.3) is 33.3 Å². The third-order valence-electron chi connectivity index (χ3n) is 5.82. The molecule has 0 aliphatic heterocycles. The van der Waals surface area contributed by atoms with Gasteiger partial charge in [0, 0.05) is 47.9 Å². The molecule has 8 heteroatoms. The molecular weight excluding hydrogens is 418 g/mol. The molecule has 33 heavy (non-hydrogen) atoms. The van der Waals surface area contributed by atoms with E-state index in [1.54, 1.807) is 10.9 Å². The van der Waals surface area contributed by atoms with Crippen molar-refractivity contribution in [1.29, 1.82) is 0 Å². The monoisotopic (exact) mass is 441 g/mol. The number of carbonyl (C=O) groups excluding carboxylic acids is 1. The predicted molar refractivity (Wildman–Crippen MR) is 124 cm³/mol. The van der Waals surface area contributed by atoms with Crippen LogP contribution in [0.2, 0.25) is 0 Å². The SMILES string of the molecule is COC(=O)C(c1ccccc1)n1cc(-c2cnn(C)c2)c2ncc(-c3c(C)noc3C)cc21. The highest BCUT2D eigenvalue weighted by Gasteiger charge is 2.27. The molecule has 5 rings (SSSR count). The summed E-state index contributed by atoms with van der Waals surface area (Å²) in [5, 5.41) is 8.39. The number of rotatable bonds is 5. The van der Waals surface area contributed by atoms with Crippen molar-refractivity contribution in [3.8, 4) is 22.3 Å². The lowest BCUT2D eigenvalue weighted by molar-refractivity contribution is -0.143. The van der Waals surface area contributed by atoms with E-state index >= 15 is 0 Å². The van der Waals surface area contributed by atoms with E-state index in [4.69, 9.17) is 14.2 Å². The Hall–Kier alpha value is -4.20. The van der Waals surface area contributed by atoms with E-state index < -0.39 is 6.04 Å². The van der Waals surface area contributed by atoms with Crippen LogP contribution in [0, 0.1) is 13.8 Å². The zero-order valence-corrected chi connectivity index (χ0v) is 18.8. The van der Waals surface area contributed by atoms with Crippen LogP contribution in [0.1, 0.15) is 23.1 Å². The molecule has 0 saturated heterocycles. The van der Waals surface area contributed by atoms with Crippen LogP contribution < -0.4 is 0 Å². The molecule has 8 nitrogen and oxygen atoms in total. The largest absolute Gasteiger partial charge is 0.467 e. The van der Waals surface area contributed by atoms with Gasteiger partial charge in [-0.1, -0.05) is 35.5 Å². The van der Waals surface area contributed by atoms with Crippen molar-refractivity contribution in [3.63, 3.8) is 0 Å². The summed E-state index contributed by atoms with van der Waals surface area (Å²) in [4.78, 5) is 17.8. The minimum absolute atomic E-state index is 0.362. The van der Waals surface area contributed by atoms with Gasteiger partial charge < -0.3 is 13.8 Å². The number of fused-ring (bicyclic) bond motifs is 1. The van der Waals surface area contributed by atoms with Gasteiger partial charge in [-0.05, 0) is 25.5 Å². The van der Waals surface area contributed by atoms with Gasteiger partial charge in [0.25, 0.3) is 0 Å². The summed E-state index contributed by atoms with van der Waals surface area (Å²) in [5.41, 5.74) is 6.73. The minimum Gasteiger partial charge on any atom is -0.467 e. The quantitative estimate of drug-likeness (QED) is 0.374. The fraction of sp³-hybridized carbons (Fsp3) is 0.200. The Morgan fingerprint density at radius 2 is 1.88 bits per heavy atom. The Morgan fingerprint density at radius 1 is 1.09 bits per heavy atom. The van der Waals surface area contributed by atoms with Crippen molar-refractivity contribution in [2.45, 2.75) is 19.9 Å². The number of hydrogen-bond acceptors (Lipinski definition) is 6. The number of aryl methyl sites for hydroxylation is 3. The van der Waals surface area contributed by atoms with E-state index in [-0.39, 0.29) is 5.97 Å². The third-order valence-corrected chi connectivity index (χ3v) is 5.82. The van der Waals surface area contributed by atoms with Crippen LogP contribution >= 0.6 is 0 Å². The average molecular weight is 441 g/mol. The molecule has 0 bridgehead atoms. The Labute approximate surface area is 190 Å². The summed E-state index contributed by atoms with van der Waals surface area (Å²) in [7, 11) is 3.27. The number of hydrogen-bond donors (Lipinski definition) is 0. The van der Waals surface area contributed by atoms with Gasteiger partial charge in [0.2, 0.25) is 0 Å².